The number of rotatable bonds is 2. The molecule has 96 valence electrons. The van der Waals surface area contributed by atoms with Crippen molar-refractivity contribution in [3.8, 4) is 0 Å². The topological polar surface area (TPSA) is 20.3 Å². The van der Waals surface area contributed by atoms with Crippen molar-refractivity contribution < 1.29 is 4.79 Å². The molecule has 2 heteroatoms. The smallest absolute Gasteiger partial charge is 0.153 e. The van der Waals surface area contributed by atoms with Crippen LogP contribution in [0, 0.1) is 0 Å². The molecule has 1 atom stereocenters. The molecule has 2 aliphatic rings. The van der Waals surface area contributed by atoms with Crippen LogP contribution in [0.15, 0.2) is 30.3 Å². The van der Waals surface area contributed by atoms with Gasteiger partial charge in [-0.05, 0) is 44.2 Å². The van der Waals surface area contributed by atoms with E-state index in [0.29, 0.717) is 5.78 Å². The average Bonchev–Trinajstić information content (AvgIpc) is 2.76. The molecule has 18 heavy (non-hydrogen) atoms. The van der Waals surface area contributed by atoms with E-state index in [1.807, 2.05) is 0 Å². The van der Waals surface area contributed by atoms with Crippen molar-refractivity contribution in [1.82, 2.24) is 4.90 Å². The lowest BCUT2D eigenvalue weighted by Gasteiger charge is -2.43. The molecule has 1 heterocycles. The lowest BCUT2D eigenvalue weighted by atomic mass is 9.84. The molecule has 2 fully saturated rings. The van der Waals surface area contributed by atoms with Crippen molar-refractivity contribution in [2.45, 2.75) is 50.6 Å². The van der Waals surface area contributed by atoms with Gasteiger partial charge in [-0.3, -0.25) is 9.69 Å². The number of hydrogen-bond donors (Lipinski definition) is 0. The largest absolute Gasteiger partial charge is 0.298 e. The van der Waals surface area contributed by atoms with E-state index in [0.717, 1.165) is 38.8 Å². The Hall–Kier alpha value is -1.15. The van der Waals surface area contributed by atoms with Gasteiger partial charge in [-0.2, -0.15) is 0 Å². The van der Waals surface area contributed by atoms with Crippen molar-refractivity contribution in [1.29, 1.82) is 0 Å². The molecule has 0 bridgehead atoms. The Morgan fingerprint density at radius 2 is 1.83 bits per heavy atom. The maximum absolute atomic E-state index is 12.3. The van der Waals surface area contributed by atoms with Gasteiger partial charge < -0.3 is 0 Å². The fraction of sp³-hybridized carbons (Fsp3) is 0.562. The van der Waals surface area contributed by atoms with E-state index in [2.05, 4.69) is 35.2 Å². The zero-order chi connectivity index (χ0) is 12.4. The third-order valence-corrected chi connectivity index (χ3v) is 4.60. The quantitative estimate of drug-likeness (QED) is 0.795. The highest BCUT2D eigenvalue weighted by Crippen LogP contribution is 2.40. The minimum atomic E-state index is -0.103. The summed E-state index contributed by atoms with van der Waals surface area (Å²) in [4.78, 5) is 14.8. The second kappa shape index (κ2) is 4.85. The van der Waals surface area contributed by atoms with E-state index < -0.39 is 0 Å². The number of likely N-dealkylation sites (tertiary alicyclic amines) is 1. The molecule has 1 unspecified atom stereocenters. The highest BCUT2D eigenvalue weighted by Gasteiger charge is 2.47. The van der Waals surface area contributed by atoms with E-state index in [1.165, 1.54) is 18.4 Å². The molecular formula is C16H21NO. The van der Waals surface area contributed by atoms with Crippen LogP contribution in [0.4, 0.5) is 0 Å². The Kier molecular flexibility index (Phi) is 3.21. The van der Waals surface area contributed by atoms with E-state index in [1.54, 1.807) is 0 Å². The summed E-state index contributed by atoms with van der Waals surface area (Å²) >= 11 is 0. The summed E-state index contributed by atoms with van der Waals surface area (Å²) in [5, 5.41) is 0. The zero-order valence-corrected chi connectivity index (χ0v) is 10.9. The van der Waals surface area contributed by atoms with E-state index in [4.69, 9.17) is 0 Å². The summed E-state index contributed by atoms with van der Waals surface area (Å²) in [6.07, 6.45) is 6.51. The Labute approximate surface area is 109 Å². The SMILES string of the molecule is O=C1CCCC12CCCCN2Cc1ccccc1. The zero-order valence-electron chi connectivity index (χ0n) is 10.9. The number of ketones is 1. The summed E-state index contributed by atoms with van der Waals surface area (Å²) in [7, 11) is 0. The lowest BCUT2D eigenvalue weighted by molar-refractivity contribution is -0.130. The number of carbonyl (C=O) groups excluding carboxylic acids is 1. The van der Waals surface area contributed by atoms with Crippen LogP contribution in [0.5, 0.6) is 0 Å². The molecular weight excluding hydrogens is 222 g/mol. The van der Waals surface area contributed by atoms with Gasteiger partial charge in [-0.15, -0.1) is 0 Å². The molecule has 3 rings (SSSR count). The second-order valence-corrected chi connectivity index (χ2v) is 5.67. The van der Waals surface area contributed by atoms with Crippen LogP contribution in [-0.4, -0.2) is 22.8 Å². The van der Waals surface area contributed by atoms with E-state index >= 15 is 0 Å². The lowest BCUT2D eigenvalue weighted by Crippen LogP contribution is -2.54. The highest BCUT2D eigenvalue weighted by molar-refractivity contribution is 5.90. The maximum atomic E-state index is 12.3. The van der Waals surface area contributed by atoms with Crippen LogP contribution in [0.1, 0.15) is 44.1 Å². The summed E-state index contributed by atoms with van der Waals surface area (Å²) < 4.78 is 0. The first kappa shape index (κ1) is 11.9. The molecule has 1 saturated heterocycles. The van der Waals surface area contributed by atoms with Crippen molar-refractivity contribution in [2.24, 2.45) is 0 Å². The summed E-state index contributed by atoms with van der Waals surface area (Å²) in [6.45, 7) is 2.02. The Morgan fingerprint density at radius 3 is 2.56 bits per heavy atom. The third kappa shape index (κ3) is 1.99. The molecule has 0 aromatic heterocycles. The molecule has 1 aromatic rings. The first-order valence-corrected chi connectivity index (χ1v) is 7.14. The highest BCUT2D eigenvalue weighted by atomic mass is 16.1. The average molecular weight is 243 g/mol. The van der Waals surface area contributed by atoms with Crippen molar-refractivity contribution >= 4 is 5.78 Å². The van der Waals surface area contributed by atoms with Crippen molar-refractivity contribution in [3.05, 3.63) is 35.9 Å². The molecule has 1 spiro atoms. The molecule has 0 radical (unpaired) electrons. The van der Waals surface area contributed by atoms with Gasteiger partial charge in [-0.1, -0.05) is 30.3 Å². The van der Waals surface area contributed by atoms with Gasteiger partial charge in [0.2, 0.25) is 0 Å². The summed E-state index contributed by atoms with van der Waals surface area (Å²) in [5.41, 5.74) is 1.23. The normalized spacial score (nSPS) is 29.0. The van der Waals surface area contributed by atoms with Crippen LogP contribution in [0.25, 0.3) is 0 Å². The van der Waals surface area contributed by atoms with Crippen LogP contribution in [0.3, 0.4) is 0 Å². The molecule has 1 aromatic carbocycles. The Balaban J connectivity index is 1.82. The molecule has 1 aliphatic heterocycles. The Bertz CT molecular complexity index is 428. The number of hydrogen-bond acceptors (Lipinski definition) is 2. The van der Waals surface area contributed by atoms with Gasteiger partial charge in [-0.25, -0.2) is 0 Å². The van der Waals surface area contributed by atoms with Crippen molar-refractivity contribution in [2.75, 3.05) is 6.54 Å². The molecule has 0 N–H and O–H groups in total. The second-order valence-electron chi connectivity index (χ2n) is 5.67. The number of benzene rings is 1. The summed E-state index contributed by atoms with van der Waals surface area (Å²) in [5.74, 6) is 0.498. The number of carbonyl (C=O) groups is 1. The molecule has 2 nitrogen and oxygen atoms in total. The van der Waals surface area contributed by atoms with Gasteiger partial charge in [0.25, 0.3) is 0 Å². The van der Waals surface area contributed by atoms with Crippen LogP contribution >= 0.6 is 0 Å². The molecule has 0 amide bonds. The fourth-order valence-corrected chi connectivity index (χ4v) is 3.64. The van der Waals surface area contributed by atoms with Crippen LogP contribution in [-0.2, 0) is 11.3 Å². The molecule has 1 aliphatic carbocycles. The third-order valence-electron chi connectivity index (χ3n) is 4.60. The number of nitrogens with zero attached hydrogens (tertiary/aromatic N) is 1. The van der Waals surface area contributed by atoms with Gasteiger partial charge in [0.1, 0.15) is 0 Å². The van der Waals surface area contributed by atoms with Gasteiger partial charge in [0.15, 0.2) is 5.78 Å². The van der Waals surface area contributed by atoms with E-state index in [-0.39, 0.29) is 5.54 Å². The summed E-state index contributed by atoms with van der Waals surface area (Å²) in [6, 6.07) is 10.6. The minimum Gasteiger partial charge on any atom is -0.298 e. The first-order valence-electron chi connectivity index (χ1n) is 7.14. The fourth-order valence-electron chi connectivity index (χ4n) is 3.64. The van der Waals surface area contributed by atoms with Gasteiger partial charge in [0.05, 0.1) is 5.54 Å². The first-order chi connectivity index (χ1) is 8.81. The minimum absolute atomic E-state index is 0.103. The van der Waals surface area contributed by atoms with Gasteiger partial charge >= 0.3 is 0 Å². The maximum Gasteiger partial charge on any atom is 0.153 e. The standard InChI is InChI=1S/C16H21NO/c18-15-9-6-11-16(15)10-4-5-12-17(16)13-14-7-2-1-3-8-14/h1-3,7-8H,4-6,9-13H2. The molecule has 1 saturated carbocycles. The monoisotopic (exact) mass is 243 g/mol. The predicted molar refractivity (Wildman–Crippen MR) is 72.3 cm³/mol. The number of piperidine rings is 1. The van der Waals surface area contributed by atoms with Gasteiger partial charge in [0, 0.05) is 13.0 Å². The van der Waals surface area contributed by atoms with Crippen LogP contribution < -0.4 is 0 Å². The number of Topliss-reactive ketones (excluding diaryl/α,β-unsaturated/α-hetero) is 1. The van der Waals surface area contributed by atoms with E-state index in [9.17, 15) is 4.79 Å². The van der Waals surface area contributed by atoms with Crippen molar-refractivity contribution in [3.63, 3.8) is 0 Å². The Morgan fingerprint density at radius 1 is 1.06 bits per heavy atom. The van der Waals surface area contributed by atoms with Crippen LogP contribution in [0.2, 0.25) is 0 Å². The predicted octanol–water partition coefficient (Wildman–Crippen LogP) is 3.16.